The minimum Gasteiger partial charge on any atom is -0.483 e. The van der Waals surface area contributed by atoms with Crippen molar-refractivity contribution in [3.63, 3.8) is 0 Å². The predicted octanol–water partition coefficient (Wildman–Crippen LogP) is 7.93. The van der Waals surface area contributed by atoms with Gasteiger partial charge in [-0.2, -0.15) is 13.2 Å². The molecule has 1 amide bonds. The largest absolute Gasteiger partial charge is 0.483 e. The summed E-state index contributed by atoms with van der Waals surface area (Å²) in [6.07, 6.45) is -3.90. The second-order valence-corrected chi connectivity index (χ2v) is 10.7. The van der Waals surface area contributed by atoms with Crippen LogP contribution in [0.1, 0.15) is 55.1 Å². The number of benzene rings is 3. The maximum Gasteiger partial charge on any atom is 0.422 e. The molecule has 4 nitrogen and oxygen atoms in total. The fourth-order valence-electron chi connectivity index (χ4n) is 4.25. The molecule has 0 saturated carbocycles. The molecule has 3 aromatic rings. The maximum atomic E-state index is 13.1. The summed E-state index contributed by atoms with van der Waals surface area (Å²) in [7, 11) is 0. The van der Waals surface area contributed by atoms with E-state index in [1.807, 2.05) is 39.0 Å². The first-order valence-electron chi connectivity index (χ1n) is 11.5. The number of rotatable bonds is 6. The van der Waals surface area contributed by atoms with E-state index in [2.05, 4.69) is 0 Å². The minimum atomic E-state index is -4.53. The average molecular weight is 549 g/mol. The lowest BCUT2D eigenvalue weighted by atomic mass is 9.86. The summed E-state index contributed by atoms with van der Waals surface area (Å²) >= 11 is 12.2. The summed E-state index contributed by atoms with van der Waals surface area (Å²) < 4.78 is 44.6. The van der Waals surface area contributed by atoms with Crippen LogP contribution in [0.5, 0.6) is 5.75 Å². The zero-order chi connectivity index (χ0) is 27.0. The summed E-state index contributed by atoms with van der Waals surface area (Å²) in [5.74, 6) is 0.217. The van der Waals surface area contributed by atoms with E-state index >= 15 is 0 Å². The molecule has 37 heavy (non-hydrogen) atoms. The molecule has 0 fully saturated rings. The van der Waals surface area contributed by atoms with Crippen LogP contribution in [-0.4, -0.2) is 29.9 Å². The van der Waals surface area contributed by atoms with Gasteiger partial charge in [0.05, 0.1) is 11.6 Å². The van der Waals surface area contributed by atoms with Gasteiger partial charge in [0.15, 0.2) is 6.61 Å². The van der Waals surface area contributed by atoms with Crippen molar-refractivity contribution >= 4 is 35.4 Å². The number of aliphatic imine (C=N–C) groups is 1. The maximum absolute atomic E-state index is 13.1. The third kappa shape index (κ3) is 6.11. The zero-order valence-corrected chi connectivity index (χ0v) is 21.9. The monoisotopic (exact) mass is 548 g/mol. The van der Waals surface area contributed by atoms with Gasteiger partial charge in [0.2, 0.25) is 6.41 Å². The molecule has 4 rings (SSSR count). The van der Waals surface area contributed by atoms with Gasteiger partial charge in [-0.1, -0.05) is 74.3 Å². The second-order valence-electron chi connectivity index (χ2n) is 9.82. The molecule has 9 heteroatoms. The molecule has 0 unspecified atom stereocenters. The average Bonchev–Trinajstić information content (AvgIpc) is 3.22. The molecule has 0 bridgehead atoms. The lowest BCUT2D eigenvalue weighted by Crippen LogP contribution is -2.31. The van der Waals surface area contributed by atoms with Crippen molar-refractivity contribution in [3.05, 3.63) is 99.0 Å². The molecular weight excluding hydrogens is 524 g/mol. The van der Waals surface area contributed by atoms with E-state index in [1.165, 1.54) is 4.90 Å². The van der Waals surface area contributed by atoms with E-state index in [4.69, 9.17) is 32.9 Å². The number of alkyl halides is 3. The summed E-state index contributed by atoms with van der Waals surface area (Å²) in [5.41, 5.74) is 2.29. The Labute approximate surface area is 223 Å². The molecule has 0 N–H and O–H groups in total. The van der Waals surface area contributed by atoms with Gasteiger partial charge in [0, 0.05) is 10.0 Å². The Hall–Kier alpha value is -3.03. The Morgan fingerprint density at radius 1 is 0.919 bits per heavy atom. The van der Waals surface area contributed by atoms with Gasteiger partial charge in [-0.15, -0.1) is 0 Å². The highest BCUT2D eigenvalue weighted by molar-refractivity contribution is 6.30. The number of carbonyl (C=O) groups excluding carboxylic acids is 1. The molecule has 0 aromatic heterocycles. The number of amidine groups is 1. The number of halogens is 5. The first kappa shape index (κ1) is 27.0. The summed E-state index contributed by atoms with van der Waals surface area (Å²) in [6.45, 7) is 4.39. The molecule has 0 aliphatic carbocycles. The molecule has 3 aromatic carbocycles. The van der Waals surface area contributed by atoms with Crippen molar-refractivity contribution in [2.24, 2.45) is 4.99 Å². The van der Waals surface area contributed by atoms with Crippen molar-refractivity contribution in [1.82, 2.24) is 4.90 Å². The minimum absolute atomic E-state index is 0.00182. The highest BCUT2D eigenvalue weighted by Gasteiger charge is 2.40. The quantitative estimate of drug-likeness (QED) is 0.293. The Kier molecular flexibility index (Phi) is 7.58. The first-order valence-corrected chi connectivity index (χ1v) is 12.3. The van der Waals surface area contributed by atoms with Crippen molar-refractivity contribution in [3.8, 4) is 5.75 Å². The van der Waals surface area contributed by atoms with Crippen LogP contribution >= 0.6 is 23.2 Å². The highest BCUT2D eigenvalue weighted by Crippen LogP contribution is 2.44. The van der Waals surface area contributed by atoms with Crippen molar-refractivity contribution in [2.45, 2.75) is 44.4 Å². The van der Waals surface area contributed by atoms with Crippen LogP contribution in [0, 0.1) is 0 Å². The van der Waals surface area contributed by atoms with E-state index in [-0.39, 0.29) is 17.0 Å². The number of ether oxygens (including phenoxy) is 1. The zero-order valence-electron chi connectivity index (χ0n) is 20.4. The van der Waals surface area contributed by atoms with Crippen molar-refractivity contribution < 1.29 is 22.7 Å². The van der Waals surface area contributed by atoms with Crippen molar-refractivity contribution in [1.29, 1.82) is 0 Å². The molecule has 2 atom stereocenters. The number of hydrogen-bond donors (Lipinski definition) is 0. The van der Waals surface area contributed by atoms with Gasteiger partial charge in [-0.25, -0.2) is 0 Å². The van der Waals surface area contributed by atoms with Crippen LogP contribution in [0.3, 0.4) is 0 Å². The van der Waals surface area contributed by atoms with Crippen LogP contribution < -0.4 is 4.74 Å². The topological polar surface area (TPSA) is 41.9 Å². The lowest BCUT2D eigenvalue weighted by Gasteiger charge is -2.27. The van der Waals surface area contributed by atoms with Gasteiger partial charge < -0.3 is 4.74 Å². The third-order valence-corrected chi connectivity index (χ3v) is 6.63. The summed E-state index contributed by atoms with van der Waals surface area (Å²) in [6, 6.07) is 18.1. The fraction of sp³-hybridized carbons (Fsp3) is 0.286. The molecule has 0 saturated heterocycles. The normalized spacial score (nSPS) is 18.1. The van der Waals surface area contributed by atoms with E-state index in [9.17, 15) is 18.0 Å². The third-order valence-electron chi connectivity index (χ3n) is 6.12. The summed E-state index contributed by atoms with van der Waals surface area (Å²) in [5, 5.41) is 1.08. The van der Waals surface area contributed by atoms with Crippen LogP contribution in [0.15, 0.2) is 71.7 Å². The van der Waals surface area contributed by atoms with E-state index in [1.54, 1.807) is 48.5 Å². The Balaban J connectivity index is 1.87. The lowest BCUT2D eigenvalue weighted by molar-refractivity contribution is -0.153. The predicted molar refractivity (Wildman–Crippen MR) is 140 cm³/mol. The summed E-state index contributed by atoms with van der Waals surface area (Å²) in [4.78, 5) is 18.8. The highest BCUT2D eigenvalue weighted by atomic mass is 35.5. The molecule has 194 valence electrons. The number of nitrogens with zero attached hydrogens (tertiary/aromatic N) is 2. The van der Waals surface area contributed by atoms with Gasteiger partial charge in [0.25, 0.3) is 0 Å². The van der Waals surface area contributed by atoms with Gasteiger partial charge in [-0.05, 0) is 58.5 Å². The second kappa shape index (κ2) is 10.4. The molecular formula is C28H25Cl2F3N2O2. The molecule has 1 aliphatic heterocycles. The Morgan fingerprint density at radius 2 is 1.49 bits per heavy atom. The SMILES string of the molecule is CC(C)(C)c1ccc(C2=N[C@H](c3ccc(Cl)cc3)[C@@H](c3ccc(Cl)cc3)N2C=O)c(OCC(F)(F)F)c1. The van der Waals surface area contributed by atoms with E-state index in [0.717, 1.165) is 16.7 Å². The first-order chi connectivity index (χ1) is 17.4. The standard InChI is InChI=1S/C28H25Cl2F3N2O2/c1-27(2,3)19-8-13-22(23(14-19)37-15-28(31,32)33)26-34-24(17-4-9-20(29)10-5-17)25(35(26)16-36)18-6-11-21(30)12-7-18/h4-14,16,24-25H,15H2,1-3H3/t24-,25-/m1/s1. The smallest absolute Gasteiger partial charge is 0.422 e. The van der Waals surface area contributed by atoms with Gasteiger partial charge in [0.1, 0.15) is 17.6 Å². The van der Waals surface area contributed by atoms with Gasteiger partial charge in [-0.3, -0.25) is 14.7 Å². The van der Waals surface area contributed by atoms with Crippen LogP contribution in [-0.2, 0) is 10.2 Å². The molecule has 1 heterocycles. The molecule has 0 radical (unpaired) electrons. The van der Waals surface area contributed by atoms with Crippen LogP contribution in [0.4, 0.5) is 13.2 Å². The van der Waals surface area contributed by atoms with Crippen molar-refractivity contribution in [2.75, 3.05) is 6.61 Å². The van der Waals surface area contributed by atoms with E-state index < -0.39 is 24.9 Å². The molecule has 0 spiro atoms. The fourth-order valence-corrected chi connectivity index (χ4v) is 4.50. The van der Waals surface area contributed by atoms with Crippen LogP contribution in [0.25, 0.3) is 0 Å². The van der Waals surface area contributed by atoms with Crippen LogP contribution in [0.2, 0.25) is 10.0 Å². The molecule has 1 aliphatic rings. The number of carbonyl (C=O) groups is 1. The Bertz CT molecular complexity index is 1300. The van der Waals surface area contributed by atoms with E-state index in [0.29, 0.717) is 22.0 Å². The number of amides is 1. The van der Waals surface area contributed by atoms with Gasteiger partial charge >= 0.3 is 6.18 Å². The Morgan fingerprint density at radius 3 is 2.00 bits per heavy atom. The number of hydrogen-bond acceptors (Lipinski definition) is 3.